The second-order valence-corrected chi connectivity index (χ2v) is 12.9. The van der Waals surface area contributed by atoms with Crippen LogP contribution in [-0.4, -0.2) is 49.8 Å². The van der Waals surface area contributed by atoms with Gasteiger partial charge in [0.2, 0.25) is 18.6 Å². The Morgan fingerprint density at radius 1 is 1.00 bits per heavy atom. The highest BCUT2D eigenvalue weighted by atomic mass is 35.5. The topological polar surface area (TPSA) is 107 Å². The molecule has 1 aliphatic heterocycles. The zero-order valence-corrected chi connectivity index (χ0v) is 26.2. The maximum Gasteiger partial charge on any atom is 0.250 e. The molecule has 0 radical (unpaired) electrons. The van der Waals surface area contributed by atoms with Crippen molar-refractivity contribution in [1.82, 2.24) is 19.9 Å². The van der Waals surface area contributed by atoms with Crippen molar-refractivity contribution in [2.45, 2.75) is 56.8 Å². The van der Waals surface area contributed by atoms with Crippen molar-refractivity contribution in [3.63, 3.8) is 0 Å². The van der Waals surface area contributed by atoms with E-state index in [0.29, 0.717) is 40.2 Å². The third kappa shape index (κ3) is 6.48. The number of nitrogens with zero attached hydrogens (tertiary/aromatic N) is 4. The number of hydrogen-bond acceptors (Lipinski definition) is 9. The summed E-state index contributed by atoms with van der Waals surface area (Å²) in [6.45, 7) is 4.16. The number of nitrogens with one attached hydrogen (secondary N) is 1. The smallest absolute Gasteiger partial charge is 0.250 e. The minimum atomic E-state index is -1.04. The Labute approximate surface area is 263 Å². The molecule has 2 amide bonds. The lowest BCUT2D eigenvalue weighted by Crippen LogP contribution is -2.57. The van der Waals surface area contributed by atoms with Crippen LogP contribution in [0.4, 0.5) is 5.69 Å². The van der Waals surface area contributed by atoms with Gasteiger partial charge in [-0.2, -0.15) is 0 Å². The molecule has 43 heavy (non-hydrogen) atoms. The molecule has 2 aliphatic rings. The summed E-state index contributed by atoms with van der Waals surface area (Å²) in [6.07, 6.45) is 2.77. The molecule has 0 atom stereocenters. The van der Waals surface area contributed by atoms with E-state index in [1.165, 1.54) is 23.1 Å². The van der Waals surface area contributed by atoms with Crippen LogP contribution >= 0.6 is 34.7 Å². The first-order chi connectivity index (χ1) is 20.8. The minimum Gasteiger partial charge on any atom is -0.454 e. The number of carbonyl (C=O) groups excluding carboxylic acids is 2. The first kappa shape index (κ1) is 29.4. The number of anilines is 1. The van der Waals surface area contributed by atoms with Gasteiger partial charge < -0.3 is 19.7 Å². The van der Waals surface area contributed by atoms with E-state index in [9.17, 15) is 9.59 Å². The second-order valence-electron chi connectivity index (χ2n) is 10.6. The predicted molar refractivity (Wildman–Crippen MR) is 168 cm³/mol. The molecule has 1 saturated carbocycles. The van der Waals surface area contributed by atoms with E-state index in [1.54, 1.807) is 23.1 Å². The normalized spacial score (nSPS) is 15.0. The molecule has 0 bridgehead atoms. The lowest BCUT2D eigenvalue weighted by Gasteiger charge is -2.39. The molecule has 12 heteroatoms. The molecular weight excluding hydrogens is 606 g/mol. The fourth-order valence-corrected chi connectivity index (χ4v) is 7.26. The number of benzene rings is 2. The van der Waals surface area contributed by atoms with Crippen LogP contribution in [0.1, 0.15) is 42.1 Å². The zero-order valence-electron chi connectivity index (χ0n) is 23.8. The first-order valence-corrected chi connectivity index (χ1v) is 16.2. The van der Waals surface area contributed by atoms with Crippen LogP contribution in [0.2, 0.25) is 5.02 Å². The molecule has 0 saturated heterocycles. The molecule has 0 unspecified atom stereocenters. The monoisotopic (exact) mass is 635 g/mol. The van der Waals surface area contributed by atoms with Crippen LogP contribution < -0.4 is 14.8 Å². The number of aryl methyl sites for hydroxylation is 2. The van der Waals surface area contributed by atoms with E-state index in [4.69, 9.17) is 26.1 Å². The van der Waals surface area contributed by atoms with Gasteiger partial charge in [0.1, 0.15) is 10.5 Å². The molecule has 4 aromatic rings. The highest BCUT2D eigenvalue weighted by molar-refractivity contribution is 7.99. The van der Waals surface area contributed by atoms with E-state index in [2.05, 4.69) is 15.3 Å². The summed E-state index contributed by atoms with van der Waals surface area (Å²) in [4.78, 5) is 43.8. The van der Waals surface area contributed by atoms with Gasteiger partial charge in [-0.05, 0) is 57.0 Å². The van der Waals surface area contributed by atoms with Crippen LogP contribution in [-0.2, 0) is 16.1 Å². The Bertz CT molecular complexity index is 1640. The van der Waals surface area contributed by atoms with Gasteiger partial charge in [-0.3, -0.25) is 9.59 Å². The number of thioether (sulfide) groups is 1. The fourth-order valence-electron chi connectivity index (χ4n) is 5.51. The minimum absolute atomic E-state index is 0.0946. The van der Waals surface area contributed by atoms with Crippen molar-refractivity contribution >= 4 is 52.2 Å². The average molecular weight is 636 g/mol. The molecule has 222 valence electrons. The Kier molecular flexibility index (Phi) is 8.56. The molecule has 6 rings (SSSR count). The third-order valence-corrected chi connectivity index (χ3v) is 9.49. The average Bonchev–Trinajstić information content (AvgIpc) is 3.76. The number of halogens is 1. The van der Waals surface area contributed by atoms with Gasteiger partial charge in [-0.25, -0.2) is 15.0 Å². The number of amides is 2. The van der Waals surface area contributed by atoms with Gasteiger partial charge in [0.05, 0.1) is 18.0 Å². The quantitative estimate of drug-likeness (QED) is 0.161. The van der Waals surface area contributed by atoms with Crippen LogP contribution in [0.25, 0.3) is 11.3 Å². The number of carbonyl (C=O) groups is 2. The standard InChI is InChI=1S/C31H30ClN5O4S2/c1-19-13-20(2)34-30(33-19)43-17-28(38)37(15-27-36-24(16-42-27)21-5-7-22(32)8-6-21)31(11-3-4-12-31)29(39)35-23-9-10-25-26(14-23)41-18-40-25/h5-10,13-14,16H,3-4,11-12,15,17-18H2,1-2H3,(H,35,39). The van der Waals surface area contributed by atoms with Crippen molar-refractivity contribution < 1.29 is 19.1 Å². The lowest BCUT2D eigenvalue weighted by atomic mass is 9.93. The Morgan fingerprint density at radius 3 is 2.47 bits per heavy atom. The molecule has 3 heterocycles. The predicted octanol–water partition coefficient (Wildman–Crippen LogP) is 6.67. The molecule has 1 aliphatic carbocycles. The van der Waals surface area contributed by atoms with Crippen molar-refractivity contribution in [1.29, 1.82) is 0 Å². The van der Waals surface area contributed by atoms with Gasteiger partial charge in [-0.15, -0.1) is 11.3 Å². The van der Waals surface area contributed by atoms with Crippen molar-refractivity contribution in [3.05, 3.63) is 75.3 Å². The summed E-state index contributed by atoms with van der Waals surface area (Å²) in [5, 5.41) is 6.97. The van der Waals surface area contributed by atoms with E-state index >= 15 is 0 Å². The van der Waals surface area contributed by atoms with Crippen LogP contribution in [0.15, 0.2) is 59.1 Å². The van der Waals surface area contributed by atoms with Crippen LogP contribution in [0, 0.1) is 13.8 Å². The number of hydrogen-bond donors (Lipinski definition) is 1. The highest BCUT2D eigenvalue weighted by Gasteiger charge is 2.48. The molecular formula is C31H30ClN5O4S2. The van der Waals surface area contributed by atoms with Crippen molar-refractivity contribution in [2.24, 2.45) is 0 Å². The lowest BCUT2D eigenvalue weighted by molar-refractivity contribution is -0.144. The fraction of sp³-hybridized carbons (Fsp3) is 0.323. The zero-order chi connectivity index (χ0) is 30.0. The second kappa shape index (κ2) is 12.5. The van der Waals surface area contributed by atoms with Gasteiger partial charge in [0.15, 0.2) is 16.7 Å². The molecule has 1 N–H and O–H groups in total. The molecule has 2 aromatic heterocycles. The molecule has 9 nitrogen and oxygen atoms in total. The Morgan fingerprint density at radius 2 is 1.72 bits per heavy atom. The molecule has 1 fully saturated rings. The summed E-state index contributed by atoms with van der Waals surface area (Å²) >= 11 is 8.83. The number of aromatic nitrogens is 3. The molecule has 0 spiro atoms. The van der Waals surface area contributed by atoms with Gasteiger partial charge in [0.25, 0.3) is 0 Å². The summed E-state index contributed by atoms with van der Waals surface area (Å²) in [5.41, 5.74) is 2.96. The van der Waals surface area contributed by atoms with Crippen molar-refractivity contribution in [2.75, 3.05) is 17.9 Å². The van der Waals surface area contributed by atoms with Gasteiger partial charge in [0, 0.05) is 39.1 Å². The number of rotatable bonds is 9. The van der Waals surface area contributed by atoms with Gasteiger partial charge >= 0.3 is 0 Å². The maximum atomic E-state index is 14.2. The maximum absolute atomic E-state index is 14.2. The summed E-state index contributed by atoms with van der Waals surface area (Å²) < 4.78 is 10.9. The third-order valence-electron chi connectivity index (χ3n) is 7.57. The Hall–Kier alpha value is -3.67. The van der Waals surface area contributed by atoms with E-state index in [0.717, 1.165) is 40.5 Å². The highest BCUT2D eigenvalue weighted by Crippen LogP contribution is 2.40. The van der Waals surface area contributed by atoms with Crippen LogP contribution in [0.3, 0.4) is 0 Å². The van der Waals surface area contributed by atoms with Crippen LogP contribution in [0.5, 0.6) is 11.5 Å². The number of ether oxygens (including phenoxy) is 2. The summed E-state index contributed by atoms with van der Waals surface area (Å²) in [6, 6.07) is 14.7. The van der Waals surface area contributed by atoms with E-state index in [-0.39, 0.29) is 30.9 Å². The molecule has 2 aromatic carbocycles. The largest absolute Gasteiger partial charge is 0.454 e. The number of fused-ring (bicyclic) bond motifs is 1. The van der Waals surface area contributed by atoms with Gasteiger partial charge in [-0.1, -0.05) is 48.3 Å². The van der Waals surface area contributed by atoms with E-state index < -0.39 is 5.54 Å². The van der Waals surface area contributed by atoms with E-state index in [1.807, 2.05) is 49.6 Å². The summed E-state index contributed by atoms with van der Waals surface area (Å²) in [5.74, 6) is 0.917. The SMILES string of the molecule is Cc1cc(C)nc(SCC(=O)N(Cc2nc(-c3ccc(Cl)cc3)cs2)C2(C(=O)Nc3ccc4c(c3)OCO4)CCCC2)n1. The summed E-state index contributed by atoms with van der Waals surface area (Å²) in [7, 11) is 0. The first-order valence-electron chi connectivity index (χ1n) is 14.0. The number of thiazole rings is 1. The van der Waals surface area contributed by atoms with Crippen molar-refractivity contribution in [3.8, 4) is 22.8 Å². The Balaban J connectivity index is 1.29.